The molecule has 18 heavy (non-hydrogen) atoms. The van der Waals surface area contributed by atoms with Crippen molar-refractivity contribution < 1.29 is 14.5 Å². The summed E-state index contributed by atoms with van der Waals surface area (Å²) in [4.78, 5) is 32.0. The molecule has 1 aromatic rings. The zero-order valence-corrected chi connectivity index (χ0v) is 9.60. The second-order valence-electron chi connectivity index (χ2n) is 3.29. The Morgan fingerprint density at radius 1 is 1.39 bits per heavy atom. The predicted octanol–water partition coefficient (Wildman–Crippen LogP) is 0.462. The van der Waals surface area contributed by atoms with Gasteiger partial charge in [-0.2, -0.15) is 0 Å². The van der Waals surface area contributed by atoms with E-state index in [1.165, 1.54) is 25.2 Å². The molecule has 0 radical (unpaired) electrons. The van der Waals surface area contributed by atoms with Gasteiger partial charge in [-0.3, -0.25) is 20.2 Å². The van der Waals surface area contributed by atoms with E-state index in [2.05, 4.69) is 16.0 Å². The molecule has 0 fully saturated rings. The molecule has 8 nitrogen and oxygen atoms in total. The van der Waals surface area contributed by atoms with E-state index in [1.54, 1.807) is 6.07 Å². The van der Waals surface area contributed by atoms with Gasteiger partial charge in [-0.1, -0.05) is 6.07 Å². The van der Waals surface area contributed by atoms with Crippen LogP contribution in [0.1, 0.15) is 0 Å². The Balaban J connectivity index is 2.53. The van der Waals surface area contributed by atoms with Crippen molar-refractivity contribution in [2.45, 2.75) is 0 Å². The highest BCUT2D eigenvalue weighted by molar-refractivity contribution is 5.96. The molecule has 0 saturated heterocycles. The molecule has 0 aliphatic heterocycles. The fraction of sp³-hybridized carbons (Fsp3) is 0.200. The van der Waals surface area contributed by atoms with E-state index in [-0.39, 0.29) is 12.2 Å². The summed E-state index contributed by atoms with van der Waals surface area (Å²) in [7, 11) is 1.39. The molecule has 0 aliphatic carbocycles. The molecule has 3 N–H and O–H groups in total. The van der Waals surface area contributed by atoms with Crippen molar-refractivity contribution in [3.8, 4) is 0 Å². The molecule has 0 atom stereocenters. The van der Waals surface area contributed by atoms with Crippen molar-refractivity contribution in [3.63, 3.8) is 0 Å². The predicted molar refractivity (Wildman–Crippen MR) is 64.2 cm³/mol. The van der Waals surface area contributed by atoms with Crippen LogP contribution in [0.2, 0.25) is 0 Å². The summed E-state index contributed by atoms with van der Waals surface area (Å²) in [5, 5.41) is 17.5. The first kappa shape index (κ1) is 13.4. The van der Waals surface area contributed by atoms with Crippen molar-refractivity contribution in [1.82, 2.24) is 10.6 Å². The molecule has 1 rings (SSSR count). The number of carbonyl (C=O) groups excluding carboxylic acids is 2. The minimum Gasteiger partial charge on any atom is -0.376 e. The van der Waals surface area contributed by atoms with E-state index < -0.39 is 16.9 Å². The lowest BCUT2D eigenvalue weighted by Gasteiger charge is -2.06. The molecule has 0 spiro atoms. The van der Waals surface area contributed by atoms with Crippen LogP contribution in [0.15, 0.2) is 24.3 Å². The third-order valence-electron chi connectivity index (χ3n) is 1.99. The summed E-state index contributed by atoms with van der Waals surface area (Å²) in [6.45, 7) is -0.158. The van der Waals surface area contributed by atoms with Crippen LogP contribution in [0.4, 0.5) is 16.2 Å². The number of nitrogens with one attached hydrogen (secondary N) is 3. The Bertz CT molecular complexity index is 475. The van der Waals surface area contributed by atoms with Gasteiger partial charge in [0.15, 0.2) is 0 Å². The number of rotatable bonds is 4. The highest BCUT2D eigenvalue weighted by Crippen LogP contribution is 2.16. The smallest absolute Gasteiger partial charge is 0.321 e. The molecule has 0 bridgehead atoms. The zero-order valence-electron chi connectivity index (χ0n) is 9.60. The van der Waals surface area contributed by atoms with Gasteiger partial charge >= 0.3 is 6.03 Å². The van der Waals surface area contributed by atoms with Crippen LogP contribution in [0, 0.1) is 10.1 Å². The Hall–Kier alpha value is -2.64. The Morgan fingerprint density at radius 3 is 2.72 bits per heavy atom. The van der Waals surface area contributed by atoms with Crippen molar-refractivity contribution in [2.24, 2.45) is 0 Å². The molecule has 3 amide bonds. The second-order valence-corrected chi connectivity index (χ2v) is 3.29. The van der Waals surface area contributed by atoms with Gasteiger partial charge in [0.25, 0.3) is 5.69 Å². The molecule has 0 saturated carbocycles. The van der Waals surface area contributed by atoms with Crippen molar-refractivity contribution >= 4 is 23.3 Å². The Labute approximate surface area is 103 Å². The van der Waals surface area contributed by atoms with E-state index >= 15 is 0 Å². The third-order valence-corrected chi connectivity index (χ3v) is 1.99. The number of anilines is 1. The average Bonchev–Trinajstić information content (AvgIpc) is 2.36. The molecule has 96 valence electrons. The van der Waals surface area contributed by atoms with Crippen LogP contribution in [0.25, 0.3) is 0 Å². The van der Waals surface area contributed by atoms with E-state index in [4.69, 9.17) is 0 Å². The van der Waals surface area contributed by atoms with Crippen LogP contribution >= 0.6 is 0 Å². The highest BCUT2D eigenvalue weighted by Gasteiger charge is 2.08. The fourth-order valence-electron chi connectivity index (χ4n) is 1.15. The van der Waals surface area contributed by atoms with E-state index in [1.807, 2.05) is 0 Å². The number of urea groups is 1. The van der Waals surface area contributed by atoms with Crippen LogP contribution in [-0.2, 0) is 4.79 Å². The number of hydrogen-bond acceptors (Lipinski definition) is 5. The second kappa shape index (κ2) is 6.18. The summed E-state index contributed by atoms with van der Waals surface area (Å²) < 4.78 is 0. The standard InChI is InChI=1S/C10H12N4O4/c1-11-10(16)13-9(15)6-12-7-3-2-4-8(5-7)14(17)18/h2-5,12H,6H2,1H3,(H2,11,13,15,16). The number of nitro benzene ring substituents is 1. The lowest BCUT2D eigenvalue weighted by molar-refractivity contribution is -0.384. The van der Waals surface area contributed by atoms with E-state index in [0.717, 1.165) is 0 Å². The lowest BCUT2D eigenvalue weighted by Crippen LogP contribution is -2.40. The summed E-state index contributed by atoms with van der Waals surface area (Å²) >= 11 is 0. The SMILES string of the molecule is CNC(=O)NC(=O)CNc1cccc([N+](=O)[O-])c1. The Kier molecular flexibility index (Phi) is 4.61. The maximum Gasteiger partial charge on any atom is 0.321 e. The van der Waals surface area contributed by atoms with Crippen LogP contribution in [0.3, 0.4) is 0 Å². The first-order valence-corrected chi connectivity index (χ1v) is 5.03. The first-order chi connectivity index (χ1) is 8.52. The largest absolute Gasteiger partial charge is 0.376 e. The van der Waals surface area contributed by atoms with Gasteiger partial charge in [-0.25, -0.2) is 4.79 Å². The Morgan fingerprint density at radius 2 is 2.11 bits per heavy atom. The number of amides is 3. The summed E-state index contributed by atoms with van der Waals surface area (Å²) in [5.74, 6) is -0.541. The number of benzene rings is 1. The van der Waals surface area contributed by atoms with Crippen LogP contribution in [0.5, 0.6) is 0 Å². The first-order valence-electron chi connectivity index (χ1n) is 5.03. The van der Waals surface area contributed by atoms with Crippen molar-refractivity contribution in [1.29, 1.82) is 0 Å². The molecular weight excluding hydrogens is 240 g/mol. The quantitative estimate of drug-likeness (QED) is 0.532. The molecule has 0 aliphatic rings. The maximum atomic E-state index is 11.2. The van der Waals surface area contributed by atoms with Gasteiger partial charge in [0.05, 0.1) is 11.5 Å². The molecule has 0 heterocycles. The monoisotopic (exact) mass is 252 g/mol. The number of nitrogens with zero attached hydrogens (tertiary/aromatic N) is 1. The van der Waals surface area contributed by atoms with Gasteiger partial charge in [0, 0.05) is 24.9 Å². The van der Waals surface area contributed by atoms with E-state index in [0.29, 0.717) is 5.69 Å². The fourth-order valence-corrected chi connectivity index (χ4v) is 1.15. The maximum absolute atomic E-state index is 11.2. The molecular formula is C10H12N4O4. The van der Waals surface area contributed by atoms with Gasteiger partial charge < -0.3 is 10.6 Å². The normalized spacial score (nSPS) is 9.39. The summed E-state index contributed by atoms with van der Waals surface area (Å²) in [5.41, 5.74) is 0.350. The van der Waals surface area contributed by atoms with Gasteiger partial charge in [0.2, 0.25) is 5.91 Å². The molecule has 0 unspecified atom stereocenters. The zero-order chi connectivity index (χ0) is 13.5. The van der Waals surface area contributed by atoms with Gasteiger partial charge in [-0.05, 0) is 6.07 Å². The number of non-ortho nitro benzene ring substituents is 1. The molecule has 1 aromatic carbocycles. The summed E-state index contributed by atoms with van der Waals surface area (Å²) in [6.07, 6.45) is 0. The van der Waals surface area contributed by atoms with Gasteiger partial charge in [-0.15, -0.1) is 0 Å². The molecule has 0 aromatic heterocycles. The van der Waals surface area contributed by atoms with Crippen LogP contribution < -0.4 is 16.0 Å². The van der Waals surface area contributed by atoms with Gasteiger partial charge in [0.1, 0.15) is 0 Å². The van der Waals surface area contributed by atoms with Crippen LogP contribution in [-0.4, -0.2) is 30.5 Å². The van der Waals surface area contributed by atoms with Crippen molar-refractivity contribution in [2.75, 3.05) is 18.9 Å². The topological polar surface area (TPSA) is 113 Å². The summed E-state index contributed by atoms with van der Waals surface area (Å²) in [6, 6.07) is 5.11. The number of hydrogen-bond donors (Lipinski definition) is 3. The number of carbonyl (C=O) groups is 2. The lowest BCUT2D eigenvalue weighted by atomic mass is 10.3. The molecule has 8 heteroatoms. The number of imide groups is 1. The minimum atomic E-state index is -0.610. The average molecular weight is 252 g/mol. The van der Waals surface area contributed by atoms with E-state index in [9.17, 15) is 19.7 Å². The van der Waals surface area contributed by atoms with Crippen molar-refractivity contribution in [3.05, 3.63) is 34.4 Å². The third kappa shape index (κ3) is 4.08. The number of nitro groups is 1. The highest BCUT2D eigenvalue weighted by atomic mass is 16.6. The minimum absolute atomic E-state index is 0.0771.